The SMILES string of the molecule is CCCNC(=O)[C@H](CC(C)C)Nc1cc(Sc2ccc(OC)cc2)nc(Nc2cccc(F)c2)n1. The molecule has 0 radical (unpaired) electrons. The van der Waals surface area contributed by atoms with E-state index in [1.165, 1.54) is 23.9 Å². The van der Waals surface area contributed by atoms with Gasteiger partial charge in [0.15, 0.2) is 0 Å². The maximum atomic E-state index is 13.7. The summed E-state index contributed by atoms with van der Waals surface area (Å²) in [7, 11) is 1.62. The summed E-state index contributed by atoms with van der Waals surface area (Å²) in [5.41, 5.74) is 0.530. The molecule has 0 unspecified atom stereocenters. The summed E-state index contributed by atoms with van der Waals surface area (Å²) >= 11 is 1.45. The Kier molecular flexibility index (Phi) is 9.72. The number of methoxy groups -OCH3 is 1. The molecule has 1 atom stereocenters. The van der Waals surface area contributed by atoms with E-state index in [1.54, 1.807) is 19.2 Å². The molecule has 1 aromatic heterocycles. The van der Waals surface area contributed by atoms with Crippen LogP contribution in [0.15, 0.2) is 64.5 Å². The van der Waals surface area contributed by atoms with Crippen LogP contribution in [0.1, 0.15) is 33.6 Å². The summed E-state index contributed by atoms with van der Waals surface area (Å²) in [6, 6.07) is 15.1. The number of anilines is 3. The molecule has 0 saturated heterocycles. The van der Waals surface area contributed by atoms with Crippen molar-refractivity contribution in [2.24, 2.45) is 5.92 Å². The summed E-state index contributed by atoms with van der Waals surface area (Å²) in [6.07, 6.45) is 1.51. The minimum absolute atomic E-state index is 0.0665. The average molecular weight is 498 g/mol. The second-order valence-electron chi connectivity index (χ2n) is 8.45. The van der Waals surface area contributed by atoms with Gasteiger partial charge in [0.25, 0.3) is 0 Å². The summed E-state index contributed by atoms with van der Waals surface area (Å²) in [6.45, 7) is 6.78. The molecule has 2 aromatic carbocycles. The van der Waals surface area contributed by atoms with Crippen LogP contribution >= 0.6 is 11.8 Å². The number of carbonyl (C=O) groups is 1. The third-order valence-corrected chi connectivity index (χ3v) is 5.89. The van der Waals surface area contributed by atoms with E-state index in [-0.39, 0.29) is 11.7 Å². The molecule has 1 heterocycles. The van der Waals surface area contributed by atoms with Gasteiger partial charge in [-0.3, -0.25) is 4.79 Å². The lowest BCUT2D eigenvalue weighted by Gasteiger charge is -2.21. The van der Waals surface area contributed by atoms with Gasteiger partial charge >= 0.3 is 0 Å². The third-order valence-electron chi connectivity index (χ3n) is 4.96. The van der Waals surface area contributed by atoms with Gasteiger partial charge in [0.1, 0.15) is 28.5 Å². The van der Waals surface area contributed by atoms with E-state index in [0.717, 1.165) is 17.1 Å². The number of nitrogens with zero attached hydrogens (tertiary/aromatic N) is 2. The molecule has 7 nitrogen and oxygen atoms in total. The number of halogens is 1. The second kappa shape index (κ2) is 12.9. The summed E-state index contributed by atoms with van der Waals surface area (Å²) in [5.74, 6) is 1.45. The molecule has 0 saturated carbocycles. The molecule has 35 heavy (non-hydrogen) atoms. The average Bonchev–Trinajstić information content (AvgIpc) is 2.82. The van der Waals surface area contributed by atoms with Gasteiger partial charge in [0.2, 0.25) is 11.9 Å². The molecule has 0 spiro atoms. The van der Waals surface area contributed by atoms with Crippen LogP contribution < -0.4 is 20.7 Å². The zero-order chi connectivity index (χ0) is 25.2. The zero-order valence-electron chi connectivity index (χ0n) is 20.5. The first kappa shape index (κ1) is 26.3. The van der Waals surface area contributed by atoms with Gasteiger partial charge in [-0.1, -0.05) is 38.6 Å². The summed E-state index contributed by atoms with van der Waals surface area (Å²) in [4.78, 5) is 22.9. The lowest BCUT2D eigenvalue weighted by Crippen LogP contribution is -2.41. The van der Waals surface area contributed by atoms with Gasteiger partial charge in [-0.15, -0.1) is 0 Å². The molecule has 9 heteroatoms. The van der Waals surface area contributed by atoms with Crippen molar-refractivity contribution in [1.29, 1.82) is 0 Å². The van der Waals surface area contributed by atoms with Crippen LogP contribution in [0.3, 0.4) is 0 Å². The first-order chi connectivity index (χ1) is 16.9. The first-order valence-electron chi connectivity index (χ1n) is 11.6. The standard InChI is InChI=1S/C26H32FN5O2S/c1-5-13-28-25(33)22(14-17(2)3)30-23-16-24(35-21-11-9-20(34-4)10-12-21)32-26(31-23)29-19-8-6-7-18(27)15-19/h6-12,15-17,22H,5,13-14H2,1-4H3,(H,28,33)(H2,29,30,31,32)/t22-/m0/s1. The fourth-order valence-electron chi connectivity index (χ4n) is 3.32. The van der Waals surface area contributed by atoms with E-state index in [2.05, 4.69) is 39.8 Å². The van der Waals surface area contributed by atoms with E-state index in [1.807, 2.05) is 37.3 Å². The van der Waals surface area contributed by atoms with Crippen molar-refractivity contribution in [2.45, 2.75) is 49.6 Å². The molecular weight excluding hydrogens is 465 g/mol. The van der Waals surface area contributed by atoms with Crippen molar-refractivity contribution >= 4 is 35.1 Å². The zero-order valence-corrected chi connectivity index (χ0v) is 21.3. The van der Waals surface area contributed by atoms with E-state index >= 15 is 0 Å². The molecule has 0 bridgehead atoms. The Balaban J connectivity index is 1.90. The largest absolute Gasteiger partial charge is 0.497 e. The Labute approximate surface area is 210 Å². The number of amides is 1. The highest BCUT2D eigenvalue weighted by molar-refractivity contribution is 7.99. The molecule has 0 aliphatic carbocycles. The molecule has 0 fully saturated rings. The van der Waals surface area contributed by atoms with Crippen molar-refractivity contribution in [3.8, 4) is 5.75 Å². The highest BCUT2D eigenvalue weighted by Gasteiger charge is 2.21. The predicted molar refractivity (Wildman–Crippen MR) is 139 cm³/mol. The van der Waals surface area contributed by atoms with Crippen LogP contribution in [0.4, 0.5) is 21.8 Å². The minimum atomic E-state index is -0.447. The maximum absolute atomic E-state index is 13.7. The lowest BCUT2D eigenvalue weighted by molar-refractivity contribution is -0.122. The van der Waals surface area contributed by atoms with E-state index in [9.17, 15) is 9.18 Å². The van der Waals surface area contributed by atoms with Gasteiger partial charge in [0.05, 0.1) is 7.11 Å². The van der Waals surface area contributed by atoms with Crippen LogP contribution in [-0.2, 0) is 4.79 Å². The van der Waals surface area contributed by atoms with E-state index in [0.29, 0.717) is 41.4 Å². The number of nitrogens with one attached hydrogen (secondary N) is 3. The van der Waals surface area contributed by atoms with Crippen LogP contribution in [-0.4, -0.2) is 35.6 Å². The topological polar surface area (TPSA) is 88.2 Å². The summed E-state index contributed by atoms with van der Waals surface area (Å²) in [5, 5.41) is 10.00. The molecule has 3 rings (SSSR count). The monoisotopic (exact) mass is 497 g/mol. The molecule has 1 amide bonds. The van der Waals surface area contributed by atoms with Gasteiger partial charge in [0, 0.05) is 23.2 Å². The molecular formula is C26H32FN5O2S. The predicted octanol–water partition coefficient (Wildman–Crippen LogP) is 5.87. The number of benzene rings is 2. The van der Waals surface area contributed by atoms with Crippen molar-refractivity contribution in [2.75, 3.05) is 24.3 Å². The Hall–Kier alpha value is -3.33. The molecule has 3 aromatic rings. The smallest absolute Gasteiger partial charge is 0.242 e. The number of hydrogen-bond acceptors (Lipinski definition) is 7. The van der Waals surface area contributed by atoms with Crippen LogP contribution in [0.25, 0.3) is 0 Å². The van der Waals surface area contributed by atoms with Crippen molar-refractivity contribution < 1.29 is 13.9 Å². The highest BCUT2D eigenvalue weighted by atomic mass is 32.2. The van der Waals surface area contributed by atoms with Crippen molar-refractivity contribution in [3.05, 3.63) is 60.4 Å². The Bertz CT molecular complexity index is 1110. The minimum Gasteiger partial charge on any atom is -0.497 e. The number of rotatable bonds is 12. The molecule has 0 aliphatic rings. The maximum Gasteiger partial charge on any atom is 0.242 e. The fraction of sp³-hybridized carbons (Fsp3) is 0.346. The second-order valence-corrected chi connectivity index (χ2v) is 9.54. The quantitative estimate of drug-likeness (QED) is 0.270. The van der Waals surface area contributed by atoms with Gasteiger partial charge in [-0.25, -0.2) is 9.37 Å². The third kappa shape index (κ3) is 8.43. The Morgan fingerprint density at radius 1 is 1.11 bits per heavy atom. The van der Waals surface area contributed by atoms with Crippen LogP contribution in [0, 0.1) is 11.7 Å². The Morgan fingerprint density at radius 2 is 1.89 bits per heavy atom. The number of carbonyl (C=O) groups excluding carboxylic acids is 1. The van der Waals surface area contributed by atoms with Crippen molar-refractivity contribution in [1.82, 2.24) is 15.3 Å². The van der Waals surface area contributed by atoms with E-state index in [4.69, 9.17) is 4.74 Å². The molecule has 3 N–H and O–H groups in total. The number of hydrogen-bond donors (Lipinski definition) is 3. The fourth-order valence-corrected chi connectivity index (χ4v) is 4.14. The normalized spacial score (nSPS) is 11.7. The van der Waals surface area contributed by atoms with Crippen LogP contribution in [0.2, 0.25) is 0 Å². The van der Waals surface area contributed by atoms with Gasteiger partial charge < -0.3 is 20.7 Å². The van der Waals surface area contributed by atoms with Gasteiger partial charge in [-0.05, 0) is 61.2 Å². The van der Waals surface area contributed by atoms with E-state index < -0.39 is 6.04 Å². The molecule has 186 valence electrons. The molecule has 0 aliphatic heterocycles. The Morgan fingerprint density at radius 3 is 2.54 bits per heavy atom. The summed E-state index contributed by atoms with van der Waals surface area (Å²) < 4.78 is 18.9. The van der Waals surface area contributed by atoms with Crippen LogP contribution in [0.5, 0.6) is 5.75 Å². The first-order valence-corrected chi connectivity index (χ1v) is 12.5. The number of aromatic nitrogens is 2. The highest BCUT2D eigenvalue weighted by Crippen LogP contribution is 2.30. The van der Waals surface area contributed by atoms with Crippen molar-refractivity contribution in [3.63, 3.8) is 0 Å². The lowest BCUT2D eigenvalue weighted by atomic mass is 10.0. The van der Waals surface area contributed by atoms with Gasteiger partial charge in [-0.2, -0.15) is 4.98 Å². The number of ether oxygens (including phenoxy) is 1.